The summed E-state index contributed by atoms with van der Waals surface area (Å²) in [6.45, 7) is 0.169. The SMILES string of the molecule is COc1ccc(-c2n[nH]c(CNC(=O)c3cc(C4CC4)nc(SC)c3C#N)n2)cc1. The van der Waals surface area contributed by atoms with Crippen LogP contribution < -0.4 is 10.1 Å². The molecule has 0 spiro atoms. The summed E-state index contributed by atoms with van der Waals surface area (Å²) in [7, 11) is 1.61. The summed E-state index contributed by atoms with van der Waals surface area (Å²) in [5.41, 5.74) is 2.38. The Morgan fingerprint density at radius 2 is 2.10 bits per heavy atom. The van der Waals surface area contributed by atoms with Crippen molar-refractivity contribution in [3.8, 4) is 23.2 Å². The van der Waals surface area contributed by atoms with Crippen LogP contribution in [0.3, 0.4) is 0 Å². The summed E-state index contributed by atoms with van der Waals surface area (Å²) in [6.07, 6.45) is 4.00. The zero-order valence-electron chi connectivity index (χ0n) is 16.6. The number of nitrogens with one attached hydrogen (secondary N) is 2. The number of amides is 1. The highest BCUT2D eigenvalue weighted by atomic mass is 32.2. The molecular formula is C21H20N6O2S. The number of thioether (sulfide) groups is 1. The number of carbonyl (C=O) groups is 1. The fraction of sp³-hybridized carbons (Fsp3) is 0.286. The molecule has 2 N–H and O–H groups in total. The van der Waals surface area contributed by atoms with Crippen LogP contribution in [0, 0.1) is 11.3 Å². The molecule has 0 atom stereocenters. The van der Waals surface area contributed by atoms with Gasteiger partial charge in [-0.3, -0.25) is 9.89 Å². The molecule has 1 aromatic carbocycles. The molecule has 0 bridgehead atoms. The Hall–Kier alpha value is -3.38. The van der Waals surface area contributed by atoms with Gasteiger partial charge in [0, 0.05) is 17.2 Å². The Morgan fingerprint density at radius 3 is 2.73 bits per heavy atom. The van der Waals surface area contributed by atoms with Crippen LogP contribution in [0.2, 0.25) is 0 Å². The molecule has 0 aliphatic heterocycles. The predicted octanol–water partition coefficient (Wildman–Crippen LogP) is 3.28. The van der Waals surface area contributed by atoms with E-state index in [-0.39, 0.29) is 12.5 Å². The number of carbonyl (C=O) groups excluding carboxylic acids is 1. The van der Waals surface area contributed by atoms with Gasteiger partial charge in [0.25, 0.3) is 5.91 Å². The normalized spacial score (nSPS) is 13.0. The molecule has 152 valence electrons. The molecule has 1 aliphatic carbocycles. The topological polar surface area (TPSA) is 117 Å². The molecule has 3 aromatic rings. The molecule has 1 amide bonds. The zero-order valence-corrected chi connectivity index (χ0v) is 17.4. The largest absolute Gasteiger partial charge is 0.497 e. The lowest BCUT2D eigenvalue weighted by Gasteiger charge is -2.10. The van der Waals surface area contributed by atoms with Crippen LogP contribution in [0.25, 0.3) is 11.4 Å². The molecule has 2 aromatic heterocycles. The van der Waals surface area contributed by atoms with Gasteiger partial charge in [-0.2, -0.15) is 10.4 Å². The van der Waals surface area contributed by atoms with E-state index in [4.69, 9.17) is 4.74 Å². The van der Waals surface area contributed by atoms with E-state index < -0.39 is 0 Å². The van der Waals surface area contributed by atoms with Crippen LogP contribution in [-0.2, 0) is 6.54 Å². The number of benzene rings is 1. The fourth-order valence-corrected chi connectivity index (χ4v) is 3.62. The number of hydrogen-bond acceptors (Lipinski definition) is 7. The second-order valence-corrected chi connectivity index (χ2v) is 7.68. The van der Waals surface area contributed by atoms with Crippen molar-refractivity contribution in [2.24, 2.45) is 0 Å². The van der Waals surface area contributed by atoms with E-state index in [9.17, 15) is 10.1 Å². The second kappa shape index (κ2) is 8.55. The van der Waals surface area contributed by atoms with Crippen molar-refractivity contribution in [3.05, 3.63) is 53.0 Å². The number of rotatable bonds is 7. The van der Waals surface area contributed by atoms with Crippen molar-refractivity contribution in [3.63, 3.8) is 0 Å². The average molecular weight is 420 g/mol. The molecule has 1 aliphatic rings. The fourth-order valence-electron chi connectivity index (χ4n) is 3.07. The van der Waals surface area contributed by atoms with Crippen molar-refractivity contribution in [1.82, 2.24) is 25.5 Å². The van der Waals surface area contributed by atoms with Gasteiger partial charge < -0.3 is 10.1 Å². The van der Waals surface area contributed by atoms with Gasteiger partial charge in [-0.25, -0.2) is 9.97 Å². The first kappa shape index (κ1) is 19.9. The molecule has 0 unspecified atom stereocenters. The number of nitrogens with zero attached hydrogens (tertiary/aromatic N) is 4. The summed E-state index contributed by atoms with van der Waals surface area (Å²) >= 11 is 1.38. The van der Waals surface area contributed by atoms with Crippen LogP contribution in [0.15, 0.2) is 35.4 Å². The third-order valence-corrected chi connectivity index (χ3v) is 5.53. The lowest BCUT2D eigenvalue weighted by Crippen LogP contribution is -2.25. The van der Waals surface area contributed by atoms with E-state index in [1.165, 1.54) is 11.8 Å². The number of aromatic amines is 1. The molecule has 0 radical (unpaired) electrons. The van der Waals surface area contributed by atoms with Crippen LogP contribution in [0.5, 0.6) is 5.75 Å². The van der Waals surface area contributed by atoms with Crippen molar-refractivity contribution < 1.29 is 9.53 Å². The summed E-state index contributed by atoms with van der Waals surface area (Å²) in [4.78, 5) is 21.8. The number of ether oxygens (including phenoxy) is 1. The van der Waals surface area contributed by atoms with Crippen LogP contribution in [0.1, 0.15) is 46.2 Å². The van der Waals surface area contributed by atoms with Crippen molar-refractivity contribution in [2.45, 2.75) is 30.3 Å². The summed E-state index contributed by atoms with van der Waals surface area (Å²) in [5.74, 6) is 1.87. The van der Waals surface area contributed by atoms with Gasteiger partial charge in [0.1, 0.15) is 22.7 Å². The number of pyridine rings is 1. The smallest absolute Gasteiger partial charge is 0.253 e. The molecule has 2 heterocycles. The van der Waals surface area contributed by atoms with Crippen LogP contribution >= 0.6 is 11.8 Å². The molecule has 30 heavy (non-hydrogen) atoms. The third kappa shape index (κ3) is 4.14. The number of H-pyrrole nitrogens is 1. The monoisotopic (exact) mass is 420 g/mol. The summed E-state index contributed by atoms with van der Waals surface area (Å²) in [5, 5.41) is 20.0. The molecule has 0 saturated heterocycles. The third-order valence-electron chi connectivity index (χ3n) is 4.85. The minimum absolute atomic E-state index is 0.169. The van der Waals surface area contributed by atoms with Crippen molar-refractivity contribution in [1.29, 1.82) is 5.26 Å². The van der Waals surface area contributed by atoms with Crippen LogP contribution in [-0.4, -0.2) is 39.4 Å². The molecule has 1 saturated carbocycles. The first-order chi connectivity index (χ1) is 14.6. The zero-order chi connectivity index (χ0) is 21.1. The van der Waals surface area contributed by atoms with Gasteiger partial charge in [0.2, 0.25) is 0 Å². The molecule has 8 nitrogen and oxygen atoms in total. The van der Waals surface area contributed by atoms with E-state index in [1.807, 2.05) is 30.5 Å². The van der Waals surface area contributed by atoms with E-state index in [2.05, 4.69) is 31.6 Å². The average Bonchev–Trinajstić information content (AvgIpc) is 3.54. The van der Waals surface area contributed by atoms with E-state index >= 15 is 0 Å². The minimum Gasteiger partial charge on any atom is -0.497 e. The number of aromatic nitrogens is 4. The van der Waals surface area contributed by atoms with Gasteiger partial charge in [0.15, 0.2) is 5.82 Å². The van der Waals surface area contributed by atoms with Gasteiger partial charge >= 0.3 is 0 Å². The lowest BCUT2D eigenvalue weighted by molar-refractivity contribution is 0.0949. The molecular weight excluding hydrogens is 400 g/mol. The van der Waals surface area contributed by atoms with E-state index in [0.29, 0.717) is 33.7 Å². The summed E-state index contributed by atoms with van der Waals surface area (Å²) in [6, 6.07) is 11.3. The Morgan fingerprint density at radius 1 is 1.33 bits per heavy atom. The van der Waals surface area contributed by atoms with Crippen molar-refractivity contribution in [2.75, 3.05) is 13.4 Å². The van der Waals surface area contributed by atoms with Crippen LogP contribution in [0.4, 0.5) is 0 Å². The Balaban J connectivity index is 1.49. The van der Waals surface area contributed by atoms with Crippen molar-refractivity contribution >= 4 is 17.7 Å². The number of methoxy groups -OCH3 is 1. The number of hydrogen-bond donors (Lipinski definition) is 2. The van der Waals surface area contributed by atoms with Gasteiger partial charge in [-0.1, -0.05) is 0 Å². The van der Waals surface area contributed by atoms with Gasteiger partial charge in [-0.15, -0.1) is 11.8 Å². The Labute approximate surface area is 178 Å². The van der Waals surface area contributed by atoms with Gasteiger partial charge in [-0.05, 0) is 49.4 Å². The lowest BCUT2D eigenvalue weighted by atomic mass is 10.1. The second-order valence-electron chi connectivity index (χ2n) is 6.88. The molecule has 1 fully saturated rings. The first-order valence-corrected chi connectivity index (χ1v) is 10.7. The standard InChI is InChI=1S/C21H20N6O2S/c1-29-14-7-5-13(6-8-14)19-25-18(26-27-19)11-23-20(28)15-9-17(12-3-4-12)24-21(30-2)16(15)10-22/h5-9,12H,3-4,11H2,1-2H3,(H,23,28)(H,25,26,27). The van der Waals surface area contributed by atoms with Gasteiger partial charge in [0.05, 0.1) is 24.8 Å². The highest BCUT2D eigenvalue weighted by Gasteiger charge is 2.28. The summed E-state index contributed by atoms with van der Waals surface area (Å²) < 4.78 is 5.15. The van der Waals surface area contributed by atoms with E-state index in [1.54, 1.807) is 13.2 Å². The maximum absolute atomic E-state index is 12.8. The highest BCUT2D eigenvalue weighted by molar-refractivity contribution is 7.98. The predicted molar refractivity (Wildman–Crippen MR) is 112 cm³/mol. The minimum atomic E-state index is -0.325. The highest BCUT2D eigenvalue weighted by Crippen LogP contribution is 2.40. The Kier molecular flexibility index (Phi) is 5.68. The van der Waals surface area contributed by atoms with E-state index in [0.717, 1.165) is 29.8 Å². The first-order valence-electron chi connectivity index (χ1n) is 9.46. The Bertz CT molecular complexity index is 1120. The number of nitriles is 1. The maximum Gasteiger partial charge on any atom is 0.253 e. The molecule has 9 heteroatoms. The molecule has 4 rings (SSSR count). The maximum atomic E-state index is 12.8. The quantitative estimate of drug-likeness (QED) is 0.563.